The van der Waals surface area contributed by atoms with Crippen LogP contribution in [0.1, 0.15) is 0 Å². The maximum atomic E-state index is 6.72. The third-order valence-corrected chi connectivity index (χ3v) is 12.2. The van der Waals surface area contributed by atoms with Crippen LogP contribution in [0, 0.1) is 0 Å². The first-order valence-electron chi connectivity index (χ1n) is 20.3. The molecule has 0 bridgehead atoms. The quantitative estimate of drug-likeness (QED) is 0.175. The summed E-state index contributed by atoms with van der Waals surface area (Å²) >= 11 is 0. The van der Waals surface area contributed by atoms with Crippen LogP contribution < -0.4 is 4.90 Å². The van der Waals surface area contributed by atoms with Crippen molar-refractivity contribution in [1.29, 1.82) is 0 Å². The summed E-state index contributed by atoms with van der Waals surface area (Å²) in [4.78, 5) is 2.37. The van der Waals surface area contributed by atoms with Gasteiger partial charge >= 0.3 is 0 Å². The number of hydrogen-bond acceptors (Lipinski definition) is 4. The Kier molecular flexibility index (Phi) is 6.98. The average Bonchev–Trinajstić information content (AvgIpc) is 4.01. The minimum Gasteiger partial charge on any atom is -0.456 e. The van der Waals surface area contributed by atoms with E-state index in [1.807, 2.05) is 12.1 Å². The van der Waals surface area contributed by atoms with Crippen molar-refractivity contribution >= 4 is 104 Å². The number of fused-ring (bicyclic) bond motifs is 13. The maximum Gasteiger partial charge on any atom is 0.143 e. The smallest absolute Gasteiger partial charge is 0.143 e. The van der Waals surface area contributed by atoms with Crippen LogP contribution in [0.4, 0.5) is 17.1 Å². The third kappa shape index (κ3) is 4.91. The summed E-state index contributed by atoms with van der Waals surface area (Å²) < 4.78 is 19.5. The van der Waals surface area contributed by atoms with Crippen molar-refractivity contribution in [1.82, 2.24) is 0 Å². The van der Waals surface area contributed by atoms with Crippen LogP contribution in [0.3, 0.4) is 0 Å². The molecule has 0 radical (unpaired) electrons. The van der Waals surface area contributed by atoms with E-state index >= 15 is 0 Å². The maximum absolute atomic E-state index is 6.72. The van der Waals surface area contributed by atoms with Gasteiger partial charge in [0.05, 0.1) is 11.1 Å². The summed E-state index contributed by atoms with van der Waals surface area (Å²) in [6.07, 6.45) is 0. The molecule has 0 amide bonds. The van der Waals surface area contributed by atoms with Crippen LogP contribution in [0.5, 0.6) is 0 Å². The number of nitrogens with zero attached hydrogens (tertiary/aromatic N) is 1. The fourth-order valence-corrected chi connectivity index (χ4v) is 9.46. The number of para-hydroxylation sites is 1. The molecule has 0 fully saturated rings. The van der Waals surface area contributed by atoms with E-state index in [2.05, 4.69) is 193 Å². The highest BCUT2D eigenvalue weighted by atomic mass is 16.3. The minimum atomic E-state index is 0.846. The summed E-state index contributed by atoms with van der Waals surface area (Å²) in [6.45, 7) is 0. The van der Waals surface area contributed by atoms with Gasteiger partial charge in [-0.05, 0) is 106 Å². The van der Waals surface area contributed by atoms with Gasteiger partial charge in [0.15, 0.2) is 0 Å². The molecular weight excluding hydrogens is 735 g/mol. The van der Waals surface area contributed by atoms with E-state index in [4.69, 9.17) is 13.3 Å². The van der Waals surface area contributed by atoms with E-state index in [1.165, 1.54) is 5.39 Å². The lowest BCUT2D eigenvalue weighted by Crippen LogP contribution is -2.10. The van der Waals surface area contributed by atoms with E-state index in [0.717, 1.165) is 121 Å². The van der Waals surface area contributed by atoms with Gasteiger partial charge in [-0.15, -0.1) is 0 Å². The molecule has 0 saturated carbocycles. The van der Waals surface area contributed by atoms with Crippen molar-refractivity contribution in [2.24, 2.45) is 0 Å². The van der Waals surface area contributed by atoms with Gasteiger partial charge in [0, 0.05) is 49.1 Å². The zero-order valence-electron chi connectivity index (χ0n) is 32.2. The number of furan rings is 3. The molecule has 0 aliphatic carbocycles. The fraction of sp³-hybridized carbons (Fsp3) is 0. The van der Waals surface area contributed by atoms with E-state index in [9.17, 15) is 0 Å². The number of rotatable bonds is 5. The molecule has 0 aliphatic heterocycles. The van der Waals surface area contributed by atoms with Crippen molar-refractivity contribution in [3.05, 3.63) is 200 Å². The number of hydrogen-bond donors (Lipinski definition) is 0. The second-order valence-electron chi connectivity index (χ2n) is 15.6. The highest BCUT2D eigenvalue weighted by Crippen LogP contribution is 2.46. The third-order valence-electron chi connectivity index (χ3n) is 12.2. The Hall–Kier alpha value is -8.08. The van der Waals surface area contributed by atoms with Crippen molar-refractivity contribution < 1.29 is 13.3 Å². The molecule has 0 aliphatic rings. The van der Waals surface area contributed by atoms with E-state index < -0.39 is 0 Å². The Morgan fingerprint density at radius 2 is 0.900 bits per heavy atom. The van der Waals surface area contributed by atoms with Gasteiger partial charge in [-0.1, -0.05) is 127 Å². The van der Waals surface area contributed by atoms with E-state index in [0.29, 0.717) is 0 Å². The molecule has 0 unspecified atom stereocenters. The standard InChI is InChI=1S/C56H33NO3/c1-3-14-42-35(10-1)24-29-45-53-41(17-8-20-51(53)59-55(42)45)38-12-7-13-40(32-38)57(48-18-9-21-52-54(48)46-30-25-36-11-2-4-15-43(36)56(46)60-52)39-27-22-34(23-28-39)37-26-31-50-47(33-37)44-16-5-6-19-49(44)58-50/h1-33H. The summed E-state index contributed by atoms with van der Waals surface area (Å²) in [5.41, 5.74) is 12.9. The van der Waals surface area contributed by atoms with Gasteiger partial charge in [-0.3, -0.25) is 0 Å². The second kappa shape index (κ2) is 12.7. The van der Waals surface area contributed by atoms with Gasteiger partial charge in [-0.25, -0.2) is 0 Å². The van der Waals surface area contributed by atoms with Gasteiger partial charge in [0.25, 0.3) is 0 Å². The molecule has 0 saturated heterocycles. The van der Waals surface area contributed by atoms with Crippen molar-refractivity contribution in [3.8, 4) is 22.3 Å². The second-order valence-corrected chi connectivity index (χ2v) is 15.6. The van der Waals surface area contributed by atoms with Crippen LogP contribution in [0.15, 0.2) is 213 Å². The van der Waals surface area contributed by atoms with E-state index in [1.54, 1.807) is 0 Å². The van der Waals surface area contributed by atoms with Gasteiger partial charge < -0.3 is 18.2 Å². The molecule has 4 heteroatoms. The normalized spacial score (nSPS) is 12.0. The molecule has 280 valence electrons. The lowest BCUT2D eigenvalue weighted by atomic mass is 9.97. The molecule has 10 aromatic carbocycles. The Labute approximate surface area is 343 Å². The minimum absolute atomic E-state index is 0.846. The Bertz CT molecular complexity index is 3850. The average molecular weight is 768 g/mol. The Balaban J connectivity index is 1.01. The predicted molar refractivity (Wildman–Crippen MR) is 249 cm³/mol. The molecule has 0 spiro atoms. The molecule has 0 atom stereocenters. The number of anilines is 3. The molecule has 60 heavy (non-hydrogen) atoms. The fourth-order valence-electron chi connectivity index (χ4n) is 9.46. The predicted octanol–water partition coefficient (Wildman–Crippen LogP) is 16.5. The van der Waals surface area contributed by atoms with Crippen molar-refractivity contribution in [3.63, 3.8) is 0 Å². The summed E-state index contributed by atoms with van der Waals surface area (Å²) in [6, 6.07) is 70.9. The lowest BCUT2D eigenvalue weighted by molar-refractivity contribution is 0.669. The van der Waals surface area contributed by atoms with Crippen molar-refractivity contribution in [2.75, 3.05) is 4.90 Å². The van der Waals surface area contributed by atoms with Crippen molar-refractivity contribution in [2.45, 2.75) is 0 Å². The molecule has 13 rings (SSSR count). The number of benzene rings is 10. The van der Waals surface area contributed by atoms with Gasteiger partial charge in [0.2, 0.25) is 0 Å². The monoisotopic (exact) mass is 767 g/mol. The molecule has 4 nitrogen and oxygen atoms in total. The lowest BCUT2D eigenvalue weighted by Gasteiger charge is -2.27. The molecular formula is C56H33NO3. The Morgan fingerprint density at radius 1 is 0.300 bits per heavy atom. The van der Waals surface area contributed by atoms with Crippen LogP contribution in [0.2, 0.25) is 0 Å². The van der Waals surface area contributed by atoms with Gasteiger partial charge in [-0.2, -0.15) is 0 Å². The summed E-state index contributed by atoms with van der Waals surface area (Å²) in [5, 5.41) is 11.2. The van der Waals surface area contributed by atoms with Gasteiger partial charge in [0.1, 0.15) is 33.5 Å². The van der Waals surface area contributed by atoms with E-state index in [-0.39, 0.29) is 0 Å². The molecule has 3 aromatic heterocycles. The molecule has 13 aromatic rings. The van der Waals surface area contributed by atoms with Crippen LogP contribution in [-0.4, -0.2) is 0 Å². The summed E-state index contributed by atoms with van der Waals surface area (Å²) in [5.74, 6) is 0. The van der Waals surface area contributed by atoms with Crippen LogP contribution in [0.25, 0.3) is 110 Å². The highest BCUT2D eigenvalue weighted by Gasteiger charge is 2.22. The first kappa shape index (κ1) is 32.9. The molecule has 3 heterocycles. The van der Waals surface area contributed by atoms with Crippen LogP contribution in [-0.2, 0) is 0 Å². The zero-order valence-corrected chi connectivity index (χ0v) is 32.2. The highest BCUT2D eigenvalue weighted by molar-refractivity contribution is 6.21. The SMILES string of the molecule is c1cc(-c2cccc3oc4c5ccccc5ccc4c23)cc(N(c2ccc(-c3ccc4oc5ccccc5c4c3)cc2)c2cccc3oc4c5ccccc5ccc4c23)c1. The first-order valence-corrected chi connectivity index (χ1v) is 20.3. The molecule has 0 N–H and O–H groups in total. The topological polar surface area (TPSA) is 42.7 Å². The zero-order chi connectivity index (χ0) is 39.3. The van der Waals surface area contributed by atoms with Crippen LogP contribution >= 0.6 is 0 Å². The summed E-state index contributed by atoms with van der Waals surface area (Å²) in [7, 11) is 0. The first-order chi connectivity index (χ1) is 29.7. The Morgan fingerprint density at radius 3 is 1.67 bits per heavy atom. The largest absolute Gasteiger partial charge is 0.456 e.